The average Bonchev–Trinajstić information content (AvgIpc) is 2.61. The van der Waals surface area contributed by atoms with E-state index in [2.05, 4.69) is 41.8 Å². The molecule has 0 amide bonds. The summed E-state index contributed by atoms with van der Waals surface area (Å²) in [4.78, 5) is 4.74. The zero-order valence-corrected chi connectivity index (χ0v) is 14.3. The molecule has 0 aromatic heterocycles. The molecular weight excluding hydrogens is 290 g/mol. The highest BCUT2D eigenvalue weighted by molar-refractivity contribution is 5.79. The summed E-state index contributed by atoms with van der Waals surface area (Å²) in [5, 5.41) is 6.57. The molecule has 0 radical (unpaired) electrons. The first-order valence-electron chi connectivity index (χ1n) is 8.52. The monoisotopic (exact) mass is 319 g/mol. The molecular formula is C18H29N3O2. The van der Waals surface area contributed by atoms with Gasteiger partial charge in [0.05, 0.1) is 12.7 Å². The number of aliphatic imine (C=N–C) groups is 1. The Hall–Kier alpha value is -1.59. The third-order valence-electron chi connectivity index (χ3n) is 4.00. The number of ether oxygens (including phenoxy) is 2. The van der Waals surface area contributed by atoms with Gasteiger partial charge in [-0.3, -0.25) is 4.99 Å². The number of rotatable bonds is 7. The van der Waals surface area contributed by atoms with Crippen LogP contribution in [0.5, 0.6) is 0 Å². The Bertz CT molecular complexity index is 465. The lowest BCUT2D eigenvalue weighted by molar-refractivity contribution is -0.0250. The van der Waals surface area contributed by atoms with Crippen molar-refractivity contribution in [3.63, 3.8) is 0 Å². The maximum Gasteiger partial charge on any atom is 0.191 e. The summed E-state index contributed by atoms with van der Waals surface area (Å²) in [5.41, 5.74) is 1.25. The second-order valence-corrected chi connectivity index (χ2v) is 5.74. The zero-order chi connectivity index (χ0) is 16.3. The van der Waals surface area contributed by atoms with E-state index in [1.807, 2.05) is 6.07 Å². The van der Waals surface area contributed by atoms with Crippen LogP contribution in [0, 0.1) is 5.92 Å². The molecule has 5 nitrogen and oxygen atoms in total. The SMILES string of the molecule is CCNC(=NCC1CCCOC1c1ccccc1)NCCOC. The molecule has 1 aromatic rings. The third kappa shape index (κ3) is 5.84. The summed E-state index contributed by atoms with van der Waals surface area (Å²) in [6, 6.07) is 10.5. The van der Waals surface area contributed by atoms with Crippen LogP contribution >= 0.6 is 0 Å². The maximum atomic E-state index is 6.04. The third-order valence-corrected chi connectivity index (χ3v) is 4.00. The molecule has 5 heteroatoms. The molecule has 23 heavy (non-hydrogen) atoms. The molecule has 0 spiro atoms. The molecule has 1 fully saturated rings. The minimum Gasteiger partial charge on any atom is -0.383 e. The lowest BCUT2D eigenvalue weighted by Crippen LogP contribution is -2.39. The van der Waals surface area contributed by atoms with Crippen LogP contribution in [-0.4, -0.2) is 45.9 Å². The quantitative estimate of drug-likeness (QED) is 0.460. The number of nitrogens with one attached hydrogen (secondary N) is 2. The Balaban J connectivity index is 1.97. The van der Waals surface area contributed by atoms with Gasteiger partial charge in [-0.05, 0) is 25.3 Å². The van der Waals surface area contributed by atoms with Crippen molar-refractivity contribution in [2.45, 2.75) is 25.9 Å². The lowest BCUT2D eigenvalue weighted by Gasteiger charge is -2.31. The van der Waals surface area contributed by atoms with Gasteiger partial charge in [-0.15, -0.1) is 0 Å². The fourth-order valence-corrected chi connectivity index (χ4v) is 2.86. The van der Waals surface area contributed by atoms with Crippen molar-refractivity contribution in [3.8, 4) is 0 Å². The highest BCUT2D eigenvalue weighted by Gasteiger charge is 2.27. The molecule has 1 saturated heterocycles. The van der Waals surface area contributed by atoms with Crippen LogP contribution in [0.25, 0.3) is 0 Å². The van der Waals surface area contributed by atoms with Gasteiger partial charge < -0.3 is 20.1 Å². The molecule has 128 valence electrons. The minimum atomic E-state index is 0.149. The molecule has 2 rings (SSSR count). The molecule has 1 heterocycles. The minimum absolute atomic E-state index is 0.149. The lowest BCUT2D eigenvalue weighted by atomic mass is 9.89. The fourth-order valence-electron chi connectivity index (χ4n) is 2.86. The Kier molecular flexibility index (Phi) is 7.90. The number of methoxy groups -OCH3 is 1. The van der Waals surface area contributed by atoms with Crippen LogP contribution in [-0.2, 0) is 9.47 Å². The van der Waals surface area contributed by atoms with Gasteiger partial charge in [0.25, 0.3) is 0 Å². The van der Waals surface area contributed by atoms with E-state index < -0.39 is 0 Å². The van der Waals surface area contributed by atoms with E-state index in [1.165, 1.54) is 5.56 Å². The predicted octanol–water partition coefficient (Wildman–Crippen LogP) is 2.36. The van der Waals surface area contributed by atoms with Gasteiger partial charge in [0.1, 0.15) is 0 Å². The molecule has 0 bridgehead atoms. The second-order valence-electron chi connectivity index (χ2n) is 5.74. The Morgan fingerprint density at radius 1 is 1.30 bits per heavy atom. The van der Waals surface area contributed by atoms with Crippen molar-refractivity contribution >= 4 is 5.96 Å². The number of hydrogen-bond acceptors (Lipinski definition) is 3. The number of benzene rings is 1. The highest BCUT2D eigenvalue weighted by atomic mass is 16.5. The first-order valence-corrected chi connectivity index (χ1v) is 8.52. The van der Waals surface area contributed by atoms with Gasteiger partial charge in [-0.1, -0.05) is 30.3 Å². The standard InChI is InChI=1S/C18H29N3O2/c1-3-19-18(20-11-13-22-2)21-14-16-10-7-12-23-17(16)15-8-5-4-6-9-15/h4-6,8-9,16-17H,3,7,10-14H2,1-2H3,(H2,19,20,21). The largest absolute Gasteiger partial charge is 0.383 e. The Morgan fingerprint density at radius 3 is 2.87 bits per heavy atom. The van der Waals surface area contributed by atoms with Crippen LogP contribution in [0.15, 0.2) is 35.3 Å². The van der Waals surface area contributed by atoms with E-state index in [0.717, 1.165) is 45.0 Å². The number of guanidine groups is 1. The Labute approximate surface area is 139 Å². The first kappa shape index (κ1) is 17.8. The molecule has 2 unspecified atom stereocenters. The van der Waals surface area contributed by atoms with Crippen molar-refractivity contribution in [1.82, 2.24) is 10.6 Å². The van der Waals surface area contributed by atoms with Crippen LogP contribution in [0.4, 0.5) is 0 Å². The first-order chi connectivity index (χ1) is 11.3. The molecule has 0 aliphatic carbocycles. The number of hydrogen-bond donors (Lipinski definition) is 2. The smallest absolute Gasteiger partial charge is 0.191 e. The van der Waals surface area contributed by atoms with E-state index in [9.17, 15) is 0 Å². The van der Waals surface area contributed by atoms with E-state index >= 15 is 0 Å². The van der Waals surface area contributed by atoms with Crippen LogP contribution in [0.1, 0.15) is 31.4 Å². The van der Waals surface area contributed by atoms with E-state index in [1.54, 1.807) is 7.11 Å². The van der Waals surface area contributed by atoms with Crippen molar-refractivity contribution < 1.29 is 9.47 Å². The van der Waals surface area contributed by atoms with Gasteiger partial charge in [0.2, 0.25) is 0 Å². The van der Waals surface area contributed by atoms with E-state index in [4.69, 9.17) is 14.5 Å². The summed E-state index contributed by atoms with van der Waals surface area (Å²) in [7, 11) is 1.70. The van der Waals surface area contributed by atoms with Crippen LogP contribution in [0.3, 0.4) is 0 Å². The van der Waals surface area contributed by atoms with Gasteiger partial charge >= 0.3 is 0 Å². The summed E-state index contributed by atoms with van der Waals surface area (Å²) in [6.45, 7) is 5.95. The molecule has 2 N–H and O–H groups in total. The topological polar surface area (TPSA) is 54.9 Å². The van der Waals surface area contributed by atoms with E-state index in [-0.39, 0.29) is 6.10 Å². The van der Waals surface area contributed by atoms with Gasteiger partial charge in [-0.2, -0.15) is 0 Å². The van der Waals surface area contributed by atoms with Gasteiger partial charge in [0, 0.05) is 39.3 Å². The van der Waals surface area contributed by atoms with Crippen molar-refractivity contribution in [2.24, 2.45) is 10.9 Å². The number of nitrogens with zero attached hydrogens (tertiary/aromatic N) is 1. The summed E-state index contributed by atoms with van der Waals surface area (Å²) in [5.74, 6) is 1.27. The normalized spacial score (nSPS) is 21.9. The average molecular weight is 319 g/mol. The van der Waals surface area contributed by atoms with Crippen molar-refractivity contribution in [1.29, 1.82) is 0 Å². The Morgan fingerprint density at radius 2 is 2.13 bits per heavy atom. The van der Waals surface area contributed by atoms with Crippen molar-refractivity contribution in [2.75, 3.05) is 40.0 Å². The van der Waals surface area contributed by atoms with Crippen LogP contribution < -0.4 is 10.6 Å². The predicted molar refractivity (Wildman–Crippen MR) is 93.7 cm³/mol. The van der Waals surface area contributed by atoms with Crippen LogP contribution in [0.2, 0.25) is 0 Å². The molecule has 1 aliphatic heterocycles. The second kappa shape index (κ2) is 10.2. The van der Waals surface area contributed by atoms with Crippen molar-refractivity contribution in [3.05, 3.63) is 35.9 Å². The maximum absolute atomic E-state index is 6.04. The molecule has 1 aromatic carbocycles. The molecule has 1 aliphatic rings. The van der Waals surface area contributed by atoms with E-state index in [0.29, 0.717) is 12.5 Å². The van der Waals surface area contributed by atoms with Gasteiger partial charge in [0.15, 0.2) is 5.96 Å². The summed E-state index contributed by atoms with van der Waals surface area (Å²) in [6.07, 6.45) is 2.41. The summed E-state index contributed by atoms with van der Waals surface area (Å²) < 4.78 is 11.1. The zero-order valence-electron chi connectivity index (χ0n) is 14.3. The fraction of sp³-hybridized carbons (Fsp3) is 0.611. The highest BCUT2D eigenvalue weighted by Crippen LogP contribution is 2.33. The molecule has 0 saturated carbocycles. The van der Waals surface area contributed by atoms with Gasteiger partial charge in [-0.25, -0.2) is 0 Å². The summed E-state index contributed by atoms with van der Waals surface area (Å²) >= 11 is 0. The molecule has 2 atom stereocenters.